The van der Waals surface area contributed by atoms with Crippen LogP contribution in [-0.4, -0.2) is 6.61 Å². The summed E-state index contributed by atoms with van der Waals surface area (Å²) in [6, 6.07) is 0. The lowest BCUT2D eigenvalue weighted by Crippen LogP contribution is -2.09. The van der Waals surface area contributed by atoms with Gasteiger partial charge in [0.25, 0.3) is 0 Å². The molecule has 0 amide bonds. The number of hydrogen-bond donors (Lipinski definition) is 0. The first kappa shape index (κ1) is 10.5. The molecule has 2 nitrogen and oxygen atoms in total. The zero-order valence-corrected chi connectivity index (χ0v) is 7.72. The zero-order chi connectivity index (χ0) is 10.6. The van der Waals surface area contributed by atoms with E-state index < -0.39 is 12.0 Å². The fraction of sp³-hybridized carbons (Fsp3) is 0.200. The molecule has 0 heterocycles. The highest BCUT2D eigenvalue weighted by Gasteiger charge is 2.09. The van der Waals surface area contributed by atoms with Crippen molar-refractivity contribution in [2.75, 3.05) is 6.61 Å². The summed E-state index contributed by atoms with van der Waals surface area (Å²) >= 11 is 0. The van der Waals surface area contributed by atoms with Gasteiger partial charge in [-0.05, 0) is 18.9 Å². The van der Waals surface area contributed by atoms with E-state index in [2.05, 4.69) is 11.3 Å². The van der Waals surface area contributed by atoms with Crippen molar-refractivity contribution in [3.05, 3.63) is 48.9 Å². The van der Waals surface area contributed by atoms with Crippen LogP contribution in [0.1, 0.15) is 6.92 Å². The Bertz CT molecular complexity index is 282. The van der Waals surface area contributed by atoms with E-state index in [-0.39, 0.29) is 18.1 Å². The summed E-state index contributed by atoms with van der Waals surface area (Å²) in [6.07, 6.45) is 2.57. The quantitative estimate of drug-likeness (QED) is 0.513. The number of halogens is 2. The maximum Gasteiger partial charge on any atom is 0.0657 e. The molecule has 78 valence electrons. The molecule has 0 fully saturated rings. The summed E-state index contributed by atoms with van der Waals surface area (Å²) in [7, 11) is 0. The average Bonchev–Trinajstić information content (AvgIpc) is 2.18. The van der Waals surface area contributed by atoms with Crippen LogP contribution in [0.2, 0.25) is 0 Å². The van der Waals surface area contributed by atoms with Crippen LogP contribution < -0.4 is 0 Å². The molecule has 0 aromatic rings. The second-order valence-electron chi connectivity index (χ2n) is 2.41. The highest BCUT2D eigenvalue weighted by Crippen LogP contribution is 2.34. The summed E-state index contributed by atoms with van der Waals surface area (Å²) < 4.78 is 35.8. The molecule has 0 N–H and O–H groups in total. The predicted octanol–water partition coefficient (Wildman–Crippen LogP) is 2.97. The largest absolute Gasteiger partial charge is 0.573 e. The molecule has 4 heteroatoms. The minimum Gasteiger partial charge on any atom is -0.573 e. The van der Waals surface area contributed by atoms with E-state index in [0.717, 1.165) is 6.26 Å². The van der Waals surface area contributed by atoms with Gasteiger partial charge in [0.1, 0.15) is 0 Å². The second-order valence-corrected chi connectivity index (χ2v) is 2.41. The third-order valence-electron chi connectivity index (χ3n) is 1.52. The minimum atomic E-state index is -1.07. The molecule has 1 aliphatic rings. The zero-order valence-electron chi connectivity index (χ0n) is 7.72. The SMILES string of the molecule is C=COC1=C(F)[C-](F)C(OCC)=C[CH-]1. The van der Waals surface area contributed by atoms with Gasteiger partial charge in [-0.25, -0.2) is 12.5 Å². The molecular formula is C10H10F2O2-2. The molecule has 0 saturated carbocycles. The Morgan fingerprint density at radius 3 is 3.00 bits per heavy atom. The highest BCUT2D eigenvalue weighted by atomic mass is 19.2. The summed E-state index contributed by atoms with van der Waals surface area (Å²) in [4.78, 5) is 0. The van der Waals surface area contributed by atoms with E-state index in [1.807, 2.05) is 0 Å². The van der Waals surface area contributed by atoms with Crippen molar-refractivity contribution in [2.45, 2.75) is 6.92 Å². The lowest BCUT2D eigenvalue weighted by molar-refractivity contribution is 0.197. The Morgan fingerprint density at radius 1 is 1.71 bits per heavy atom. The fourth-order valence-electron chi connectivity index (χ4n) is 0.962. The molecule has 0 saturated heterocycles. The molecular weight excluding hydrogens is 190 g/mol. The van der Waals surface area contributed by atoms with Gasteiger partial charge in [0, 0.05) is 0 Å². The standard InChI is InChI=1S/C10H10F2O2/c1-3-13-7-5-6-8(14-4-2)10(12)9(7)11/h3,5-6H,1,4H2,2H3/q-2. The van der Waals surface area contributed by atoms with Gasteiger partial charge in [0.15, 0.2) is 0 Å². The molecule has 0 atom stereocenters. The number of allylic oxidation sites excluding steroid dienone is 2. The van der Waals surface area contributed by atoms with Gasteiger partial charge in [-0.15, -0.1) is 0 Å². The van der Waals surface area contributed by atoms with Gasteiger partial charge < -0.3 is 18.3 Å². The van der Waals surface area contributed by atoms with Crippen molar-refractivity contribution >= 4 is 0 Å². The van der Waals surface area contributed by atoms with Crippen molar-refractivity contribution in [1.82, 2.24) is 0 Å². The molecule has 1 aliphatic carbocycles. The van der Waals surface area contributed by atoms with E-state index in [4.69, 9.17) is 4.74 Å². The average molecular weight is 200 g/mol. The van der Waals surface area contributed by atoms with Crippen LogP contribution in [0.15, 0.2) is 36.3 Å². The summed E-state index contributed by atoms with van der Waals surface area (Å²) in [5, 5.41) is 0. The van der Waals surface area contributed by atoms with Gasteiger partial charge in [-0.2, -0.15) is 0 Å². The minimum absolute atomic E-state index is 0.124. The Labute approximate surface area is 81.5 Å². The van der Waals surface area contributed by atoms with Crippen molar-refractivity contribution < 1.29 is 18.3 Å². The Morgan fingerprint density at radius 2 is 2.43 bits per heavy atom. The van der Waals surface area contributed by atoms with Gasteiger partial charge in [0.2, 0.25) is 0 Å². The lowest BCUT2D eigenvalue weighted by Gasteiger charge is -2.35. The van der Waals surface area contributed by atoms with Crippen molar-refractivity contribution in [3.8, 4) is 0 Å². The highest BCUT2D eigenvalue weighted by molar-refractivity contribution is 5.41. The molecule has 0 radical (unpaired) electrons. The van der Waals surface area contributed by atoms with Gasteiger partial charge in [0.05, 0.1) is 12.9 Å². The van der Waals surface area contributed by atoms with E-state index in [9.17, 15) is 8.78 Å². The Kier molecular flexibility index (Phi) is 3.45. The topological polar surface area (TPSA) is 18.5 Å². The molecule has 0 spiro atoms. The summed E-state index contributed by atoms with van der Waals surface area (Å²) in [5.41, 5.74) is 0. The second kappa shape index (κ2) is 4.60. The van der Waals surface area contributed by atoms with Crippen LogP contribution in [0, 0.1) is 12.6 Å². The first-order chi connectivity index (χ1) is 6.70. The summed E-state index contributed by atoms with van der Waals surface area (Å²) in [6.45, 7) is 5.20. The molecule has 0 aromatic carbocycles. The monoisotopic (exact) mass is 200 g/mol. The maximum atomic E-state index is 13.2. The van der Waals surface area contributed by atoms with Gasteiger partial charge in [-0.3, -0.25) is 0 Å². The smallest absolute Gasteiger partial charge is 0.0657 e. The molecule has 0 aromatic heterocycles. The third-order valence-corrected chi connectivity index (χ3v) is 1.52. The first-order valence-electron chi connectivity index (χ1n) is 4.09. The molecule has 0 aliphatic heterocycles. The van der Waals surface area contributed by atoms with E-state index in [0.29, 0.717) is 0 Å². The van der Waals surface area contributed by atoms with Crippen molar-refractivity contribution in [2.24, 2.45) is 0 Å². The van der Waals surface area contributed by atoms with E-state index in [1.165, 1.54) is 12.5 Å². The number of rotatable bonds is 4. The van der Waals surface area contributed by atoms with Crippen LogP contribution in [-0.2, 0) is 9.47 Å². The summed E-state index contributed by atoms with van der Waals surface area (Å²) in [5.74, 6) is -1.40. The van der Waals surface area contributed by atoms with Crippen LogP contribution in [0.4, 0.5) is 8.78 Å². The van der Waals surface area contributed by atoms with E-state index >= 15 is 0 Å². The molecule has 0 unspecified atom stereocenters. The van der Waals surface area contributed by atoms with Crippen LogP contribution >= 0.6 is 0 Å². The van der Waals surface area contributed by atoms with Gasteiger partial charge >= 0.3 is 0 Å². The molecule has 0 bridgehead atoms. The van der Waals surface area contributed by atoms with E-state index in [1.54, 1.807) is 6.92 Å². The normalized spacial score (nSPS) is 15.9. The van der Waals surface area contributed by atoms with Crippen molar-refractivity contribution in [3.63, 3.8) is 0 Å². The Balaban J connectivity index is 2.74. The van der Waals surface area contributed by atoms with Crippen LogP contribution in [0.3, 0.4) is 0 Å². The maximum absolute atomic E-state index is 13.2. The number of hydrogen-bond acceptors (Lipinski definition) is 2. The third kappa shape index (κ3) is 2.02. The fourth-order valence-corrected chi connectivity index (χ4v) is 0.962. The van der Waals surface area contributed by atoms with Crippen LogP contribution in [0.5, 0.6) is 0 Å². The molecule has 14 heavy (non-hydrogen) atoms. The first-order valence-corrected chi connectivity index (χ1v) is 4.09. The van der Waals surface area contributed by atoms with Gasteiger partial charge in [-0.1, -0.05) is 18.1 Å². The molecule has 1 rings (SSSR count). The Hall–Kier alpha value is -1.58. The number of ether oxygens (including phenoxy) is 2. The predicted molar refractivity (Wildman–Crippen MR) is 47.8 cm³/mol. The van der Waals surface area contributed by atoms with Crippen molar-refractivity contribution in [1.29, 1.82) is 0 Å². The lowest BCUT2D eigenvalue weighted by atomic mass is 10.1. The van der Waals surface area contributed by atoms with Crippen LogP contribution in [0.25, 0.3) is 0 Å².